The largest absolute Gasteiger partial charge is 0.449 e. The van der Waals surface area contributed by atoms with Crippen LogP contribution in [0, 0.1) is 17.8 Å². The van der Waals surface area contributed by atoms with Crippen molar-refractivity contribution in [2.24, 2.45) is 17.8 Å². The maximum absolute atomic E-state index is 13.2. The van der Waals surface area contributed by atoms with E-state index >= 15 is 0 Å². The summed E-state index contributed by atoms with van der Waals surface area (Å²) in [7, 11) is 0. The number of benzene rings is 1. The zero-order chi connectivity index (χ0) is 20.1. The van der Waals surface area contributed by atoms with Crippen molar-refractivity contribution < 1.29 is 23.9 Å². The van der Waals surface area contributed by atoms with E-state index in [0.717, 1.165) is 0 Å². The molecular weight excluding hydrogens is 384 g/mol. The molecular formula is C20H21ClN2O5. The minimum absolute atomic E-state index is 0.0611. The molecule has 4 rings (SSSR count). The highest BCUT2D eigenvalue weighted by Gasteiger charge is 2.67. The lowest BCUT2D eigenvalue weighted by Gasteiger charge is -2.29. The molecule has 0 aliphatic carbocycles. The summed E-state index contributed by atoms with van der Waals surface area (Å²) in [6, 6.07) is 6.56. The van der Waals surface area contributed by atoms with Gasteiger partial charge in [0.15, 0.2) is 0 Å². The summed E-state index contributed by atoms with van der Waals surface area (Å²) in [6.07, 6.45) is 2.52. The molecule has 2 bridgehead atoms. The molecule has 148 valence electrons. The molecule has 3 aliphatic heterocycles. The van der Waals surface area contributed by atoms with E-state index in [0.29, 0.717) is 17.3 Å². The maximum atomic E-state index is 13.2. The zero-order valence-corrected chi connectivity index (χ0v) is 16.3. The van der Waals surface area contributed by atoms with Gasteiger partial charge in [-0.1, -0.05) is 37.6 Å². The second kappa shape index (κ2) is 6.90. The quantitative estimate of drug-likeness (QED) is 0.602. The molecule has 3 amide bonds. The van der Waals surface area contributed by atoms with Gasteiger partial charge in [0.05, 0.1) is 36.8 Å². The van der Waals surface area contributed by atoms with Crippen LogP contribution in [0.1, 0.15) is 13.8 Å². The third kappa shape index (κ3) is 2.99. The Morgan fingerprint density at radius 2 is 2.00 bits per heavy atom. The summed E-state index contributed by atoms with van der Waals surface area (Å²) in [4.78, 5) is 39.3. The number of fused-ring (bicyclic) bond motifs is 5. The van der Waals surface area contributed by atoms with Crippen molar-refractivity contribution in [2.75, 3.05) is 18.1 Å². The van der Waals surface area contributed by atoms with Crippen LogP contribution >= 0.6 is 11.6 Å². The number of hydrogen-bond donors (Lipinski definition) is 1. The fraction of sp³-hybridized carbons (Fsp3) is 0.450. The van der Waals surface area contributed by atoms with Crippen molar-refractivity contribution in [3.63, 3.8) is 0 Å². The first-order chi connectivity index (χ1) is 13.3. The van der Waals surface area contributed by atoms with E-state index in [1.807, 2.05) is 13.8 Å². The molecule has 2 fully saturated rings. The number of imide groups is 1. The fourth-order valence-corrected chi connectivity index (χ4v) is 4.18. The molecule has 1 aromatic carbocycles. The van der Waals surface area contributed by atoms with Gasteiger partial charge in [0.1, 0.15) is 5.60 Å². The van der Waals surface area contributed by atoms with Crippen LogP contribution in [0.15, 0.2) is 36.4 Å². The predicted molar refractivity (Wildman–Crippen MR) is 102 cm³/mol. The Morgan fingerprint density at radius 3 is 2.68 bits per heavy atom. The molecule has 3 heterocycles. The third-order valence-electron chi connectivity index (χ3n) is 5.30. The standard InChI is InChI=1S/C20H21ClN2O5/c1-11(2)9-27-19(26)22-10-20-8-7-14(28-20)15-16(20)18(25)23(17(15)24)13-5-3-12(21)4-6-13/h3-8,11,14-16H,9-10H2,1-2H3,(H,22,26)/t14-,15-,16+,20+/m1/s1. The minimum Gasteiger partial charge on any atom is -0.449 e. The smallest absolute Gasteiger partial charge is 0.407 e. The van der Waals surface area contributed by atoms with Crippen LogP contribution in [-0.4, -0.2) is 42.8 Å². The van der Waals surface area contributed by atoms with E-state index < -0.39 is 29.6 Å². The van der Waals surface area contributed by atoms with E-state index in [2.05, 4.69) is 5.32 Å². The van der Waals surface area contributed by atoms with Gasteiger partial charge in [-0.15, -0.1) is 0 Å². The Kier molecular flexibility index (Phi) is 4.67. The molecule has 2 saturated heterocycles. The number of hydrogen-bond acceptors (Lipinski definition) is 5. The van der Waals surface area contributed by atoms with Gasteiger partial charge in [-0.25, -0.2) is 9.69 Å². The normalized spacial score (nSPS) is 30.3. The number of anilines is 1. The molecule has 0 spiro atoms. The topological polar surface area (TPSA) is 84.9 Å². The van der Waals surface area contributed by atoms with Crippen LogP contribution in [0.25, 0.3) is 0 Å². The van der Waals surface area contributed by atoms with Crippen molar-refractivity contribution in [1.82, 2.24) is 5.32 Å². The predicted octanol–water partition coefficient (Wildman–Crippen LogP) is 2.54. The fourth-order valence-electron chi connectivity index (χ4n) is 4.05. The van der Waals surface area contributed by atoms with Crippen LogP contribution in [0.5, 0.6) is 0 Å². The first-order valence-corrected chi connectivity index (χ1v) is 9.61. The second-order valence-corrected chi connectivity index (χ2v) is 8.17. The Morgan fingerprint density at radius 1 is 1.29 bits per heavy atom. The van der Waals surface area contributed by atoms with E-state index in [4.69, 9.17) is 21.1 Å². The van der Waals surface area contributed by atoms with E-state index in [-0.39, 0.29) is 24.3 Å². The van der Waals surface area contributed by atoms with Gasteiger partial charge in [-0.2, -0.15) is 0 Å². The highest BCUT2D eigenvalue weighted by molar-refractivity contribution is 6.31. The summed E-state index contributed by atoms with van der Waals surface area (Å²) in [5, 5.41) is 3.19. The van der Waals surface area contributed by atoms with Gasteiger partial charge in [-0.3, -0.25) is 9.59 Å². The lowest BCUT2D eigenvalue weighted by atomic mass is 9.77. The Bertz CT molecular complexity index is 853. The molecule has 0 aromatic heterocycles. The van der Waals surface area contributed by atoms with Crippen molar-refractivity contribution in [2.45, 2.75) is 25.6 Å². The molecule has 0 radical (unpaired) electrons. The first kappa shape index (κ1) is 19.0. The molecule has 8 heteroatoms. The monoisotopic (exact) mass is 404 g/mol. The Labute approximate surface area is 167 Å². The molecule has 28 heavy (non-hydrogen) atoms. The van der Waals surface area contributed by atoms with Crippen LogP contribution in [0.3, 0.4) is 0 Å². The Balaban J connectivity index is 1.53. The second-order valence-electron chi connectivity index (χ2n) is 7.73. The summed E-state index contributed by atoms with van der Waals surface area (Å²) in [5.41, 5.74) is -0.562. The third-order valence-corrected chi connectivity index (χ3v) is 5.55. The number of nitrogens with one attached hydrogen (secondary N) is 1. The number of rotatable bonds is 5. The highest BCUT2D eigenvalue weighted by Crippen LogP contribution is 2.52. The van der Waals surface area contributed by atoms with Gasteiger partial charge in [0.2, 0.25) is 11.8 Å². The van der Waals surface area contributed by atoms with Crippen LogP contribution < -0.4 is 10.2 Å². The van der Waals surface area contributed by atoms with Gasteiger partial charge in [-0.05, 0) is 30.2 Å². The summed E-state index contributed by atoms with van der Waals surface area (Å²) < 4.78 is 11.1. The van der Waals surface area contributed by atoms with Crippen LogP contribution in [-0.2, 0) is 19.1 Å². The van der Waals surface area contributed by atoms with Gasteiger partial charge >= 0.3 is 6.09 Å². The molecule has 0 saturated carbocycles. The van der Waals surface area contributed by atoms with Crippen molar-refractivity contribution in [3.05, 3.63) is 41.4 Å². The minimum atomic E-state index is -1.04. The molecule has 4 atom stereocenters. The number of carbonyl (C=O) groups is 3. The Hall–Kier alpha value is -2.38. The van der Waals surface area contributed by atoms with E-state index in [9.17, 15) is 14.4 Å². The molecule has 0 unspecified atom stereocenters. The maximum Gasteiger partial charge on any atom is 0.407 e. The summed E-state index contributed by atoms with van der Waals surface area (Å²) >= 11 is 5.91. The number of halogens is 1. The van der Waals surface area contributed by atoms with Gasteiger partial charge < -0.3 is 14.8 Å². The average Bonchev–Trinajstić information content (AvgIpc) is 3.30. The zero-order valence-electron chi connectivity index (χ0n) is 15.6. The molecule has 3 aliphatic rings. The van der Waals surface area contributed by atoms with Crippen LogP contribution in [0.2, 0.25) is 5.02 Å². The number of amides is 3. The number of nitrogens with zero attached hydrogens (tertiary/aromatic N) is 1. The number of alkyl carbamates (subject to hydrolysis) is 1. The van der Waals surface area contributed by atoms with E-state index in [1.165, 1.54) is 4.90 Å². The van der Waals surface area contributed by atoms with Gasteiger partial charge in [0.25, 0.3) is 0 Å². The molecule has 1 N–H and O–H groups in total. The van der Waals surface area contributed by atoms with Crippen LogP contribution in [0.4, 0.5) is 10.5 Å². The average molecular weight is 405 g/mol. The first-order valence-electron chi connectivity index (χ1n) is 9.23. The summed E-state index contributed by atoms with van der Waals surface area (Å²) in [5.74, 6) is -1.69. The lowest BCUT2D eigenvalue weighted by Crippen LogP contribution is -2.49. The lowest BCUT2D eigenvalue weighted by molar-refractivity contribution is -0.126. The molecule has 1 aromatic rings. The van der Waals surface area contributed by atoms with Crippen molar-refractivity contribution in [1.29, 1.82) is 0 Å². The SMILES string of the molecule is CC(C)COC(=O)NC[C@]12C=C[C@@H](O1)[C@H]1C(=O)N(c3ccc(Cl)cc3)C(=O)[C@H]12. The highest BCUT2D eigenvalue weighted by atomic mass is 35.5. The van der Waals surface area contributed by atoms with Crippen molar-refractivity contribution in [3.8, 4) is 0 Å². The van der Waals surface area contributed by atoms with E-state index in [1.54, 1.807) is 36.4 Å². The number of carbonyl (C=O) groups excluding carboxylic acids is 3. The number of ether oxygens (including phenoxy) is 2. The van der Waals surface area contributed by atoms with Crippen molar-refractivity contribution >= 4 is 35.2 Å². The van der Waals surface area contributed by atoms with Gasteiger partial charge in [0, 0.05) is 5.02 Å². The summed E-state index contributed by atoms with van der Waals surface area (Å²) in [6.45, 7) is 4.24. The molecule has 7 nitrogen and oxygen atoms in total.